The van der Waals surface area contributed by atoms with Crippen molar-refractivity contribution in [3.8, 4) is 11.5 Å². The number of amides is 2. The van der Waals surface area contributed by atoms with Crippen molar-refractivity contribution >= 4 is 12.0 Å². The highest BCUT2D eigenvalue weighted by atomic mass is 127. The fourth-order valence-corrected chi connectivity index (χ4v) is 5.50. The smallest absolute Gasteiger partial charge is 0.417 e. The Labute approximate surface area is 300 Å². The molecule has 7 nitrogen and oxygen atoms in total. The largest absolute Gasteiger partial charge is 1.00 e. The van der Waals surface area contributed by atoms with Crippen molar-refractivity contribution in [3.63, 3.8) is 0 Å². The van der Waals surface area contributed by atoms with Gasteiger partial charge >= 0.3 is 6.09 Å². The monoisotopic (exact) mass is 758 g/mol. The van der Waals surface area contributed by atoms with E-state index in [2.05, 4.69) is 18.4 Å². The number of ether oxygens (including phenoxy) is 3. The fourth-order valence-electron chi connectivity index (χ4n) is 5.50. The van der Waals surface area contributed by atoms with Gasteiger partial charge in [-0.15, -0.1) is 0 Å². The van der Waals surface area contributed by atoms with E-state index >= 15 is 0 Å². The highest BCUT2D eigenvalue weighted by Crippen LogP contribution is 2.29. The molecule has 47 heavy (non-hydrogen) atoms. The topological polar surface area (TPSA) is 69.0 Å². The number of methoxy groups -OCH3 is 1. The van der Waals surface area contributed by atoms with Gasteiger partial charge in [0.1, 0.15) is 19.7 Å². The minimum atomic E-state index is -0.702. The Morgan fingerprint density at radius 1 is 0.723 bits per heavy atom. The number of imide groups is 1. The fraction of sp³-hybridized carbons (Fsp3) is 0.513. The van der Waals surface area contributed by atoms with Gasteiger partial charge < -0.3 is 38.2 Å². The number of pyridine rings is 1. The van der Waals surface area contributed by atoms with Crippen LogP contribution in [0.5, 0.6) is 11.5 Å². The maximum absolute atomic E-state index is 13.5. The maximum Gasteiger partial charge on any atom is 0.417 e. The van der Waals surface area contributed by atoms with Crippen LogP contribution in [0.3, 0.4) is 0 Å². The zero-order valence-corrected chi connectivity index (χ0v) is 30.9. The minimum absolute atomic E-state index is 0. The molecule has 8 heteroatoms. The Morgan fingerprint density at radius 2 is 1.36 bits per heavy atom. The van der Waals surface area contributed by atoms with Gasteiger partial charge in [-0.05, 0) is 36.2 Å². The second-order valence-corrected chi connectivity index (χ2v) is 11.9. The molecular formula is C39H55IN2O5. The van der Waals surface area contributed by atoms with Crippen molar-refractivity contribution in [1.82, 2.24) is 4.90 Å². The zero-order valence-electron chi connectivity index (χ0n) is 28.8. The number of hydrogen-bond donors (Lipinski definition) is 0. The highest BCUT2D eigenvalue weighted by molar-refractivity contribution is 6.02. The van der Waals surface area contributed by atoms with Gasteiger partial charge in [0.2, 0.25) is 5.69 Å². The van der Waals surface area contributed by atoms with Gasteiger partial charge in [0.15, 0.2) is 17.7 Å². The summed E-state index contributed by atoms with van der Waals surface area (Å²) >= 11 is 0. The summed E-state index contributed by atoms with van der Waals surface area (Å²) in [7, 11) is 1.60. The molecule has 0 unspecified atom stereocenters. The molecule has 3 rings (SSSR count). The number of carbonyl (C=O) groups excluding carboxylic acids is 2. The molecule has 0 aliphatic rings. The van der Waals surface area contributed by atoms with Crippen molar-refractivity contribution in [2.24, 2.45) is 0 Å². The summed E-state index contributed by atoms with van der Waals surface area (Å²) in [6, 6.07) is 20.1. The van der Waals surface area contributed by atoms with E-state index in [1.54, 1.807) is 31.4 Å². The van der Waals surface area contributed by atoms with Crippen molar-refractivity contribution in [2.75, 3.05) is 13.7 Å². The lowest BCUT2D eigenvalue weighted by atomic mass is 10.1. The van der Waals surface area contributed by atoms with Crippen molar-refractivity contribution in [1.29, 1.82) is 0 Å². The summed E-state index contributed by atoms with van der Waals surface area (Å²) in [5.41, 5.74) is 2.02. The van der Waals surface area contributed by atoms with Crippen LogP contribution in [0.1, 0.15) is 119 Å². The number of hydrogen-bond acceptors (Lipinski definition) is 5. The number of aromatic nitrogens is 1. The third-order valence-corrected chi connectivity index (χ3v) is 8.15. The van der Waals surface area contributed by atoms with E-state index in [-0.39, 0.29) is 37.1 Å². The van der Waals surface area contributed by atoms with Gasteiger partial charge in [-0.1, -0.05) is 115 Å². The Bertz CT molecular complexity index is 1300. The first-order valence-electron chi connectivity index (χ1n) is 17.4. The van der Waals surface area contributed by atoms with Crippen LogP contribution in [-0.4, -0.2) is 30.6 Å². The molecule has 0 radical (unpaired) electrons. The van der Waals surface area contributed by atoms with E-state index in [0.29, 0.717) is 23.7 Å². The first-order valence-corrected chi connectivity index (χ1v) is 17.4. The Balaban J connectivity index is 0.00000768. The van der Waals surface area contributed by atoms with Gasteiger partial charge in [-0.3, -0.25) is 4.79 Å². The van der Waals surface area contributed by atoms with Crippen LogP contribution in [-0.2, 0) is 24.4 Å². The molecule has 0 atom stereocenters. The van der Waals surface area contributed by atoms with Gasteiger partial charge in [-0.2, -0.15) is 0 Å². The molecule has 0 fully saturated rings. The Morgan fingerprint density at radius 3 is 2.00 bits per heavy atom. The van der Waals surface area contributed by atoms with E-state index in [4.69, 9.17) is 14.2 Å². The number of rotatable bonds is 22. The van der Waals surface area contributed by atoms with Crippen molar-refractivity contribution in [2.45, 2.75) is 117 Å². The molecule has 0 saturated carbocycles. The summed E-state index contributed by atoms with van der Waals surface area (Å²) in [6.45, 7) is 5.87. The van der Waals surface area contributed by atoms with E-state index in [0.717, 1.165) is 37.1 Å². The predicted octanol–water partition coefficient (Wildman–Crippen LogP) is 6.46. The average molecular weight is 759 g/mol. The number of unbranched alkanes of at least 4 members (excludes halogenated alkanes) is 11. The van der Waals surface area contributed by atoms with Crippen LogP contribution in [0, 0.1) is 0 Å². The van der Waals surface area contributed by atoms with E-state index < -0.39 is 12.0 Å². The first-order chi connectivity index (χ1) is 22.6. The van der Waals surface area contributed by atoms with Crippen LogP contribution < -0.4 is 38.0 Å². The normalized spacial score (nSPS) is 10.6. The number of nitrogens with zero attached hydrogens (tertiary/aromatic N) is 2. The van der Waals surface area contributed by atoms with Crippen LogP contribution in [0.2, 0.25) is 0 Å². The van der Waals surface area contributed by atoms with Gasteiger partial charge in [-0.25, -0.2) is 14.3 Å². The molecule has 3 aromatic rings. The molecule has 1 aromatic heterocycles. The molecule has 0 N–H and O–H groups in total. The highest BCUT2D eigenvalue weighted by Gasteiger charge is 2.28. The number of carbonyl (C=O) groups is 2. The molecule has 0 saturated heterocycles. The molecule has 0 spiro atoms. The average Bonchev–Trinajstić information content (AvgIpc) is 3.09. The third kappa shape index (κ3) is 14.7. The van der Waals surface area contributed by atoms with Gasteiger partial charge in [0.25, 0.3) is 5.91 Å². The lowest BCUT2D eigenvalue weighted by Gasteiger charge is -2.20. The molecule has 2 aromatic carbocycles. The lowest BCUT2D eigenvalue weighted by molar-refractivity contribution is -0.704. The van der Waals surface area contributed by atoms with Gasteiger partial charge in [0, 0.05) is 24.1 Å². The Hall–Kier alpha value is -3.14. The predicted molar refractivity (Wildman–Crippen MR) is 183 cm³/mol. The van der Waals surface area contributed by atoms with Crippen LogP contribution in [0.25, 0.3) is 0 Å². The summed E-state index contributed by atoms with van der Waals surface area (Å²) in [6.07, 6.45) is 17.8. The molecule has 258 valence electrons. The molecule has 1 heterocycles. The molecular weight excluding hydrogens is 703 g/mol. The SMILES string of the molecule is CCCCCCCCCCCCCCOc1ccc(COC(=O)N(Cc2cccc[n+]2CCC)C(=O)c2ccccc2)cc1OC.[I-]. The molecule has 2 amide bonds. The standard InChI is InChI=1S/C39H55N2O5.HI/c1-4-6-7-8-9-10-11-12-13-14-15-21-29-45-36-26-25-33(30-37(36)44-3)32-46-39(43)41(38(42)34-22-17-16-18-23-34)31-35-24-19-20-28-40(35)27-5-2;/h16-20,22-26,28,30H,4-15,21,27,29,31-32H2,1-3H3;1H/q+1;/p-1. The van der Waals surface area contributed by atoms with Crippen LogP contribution in [0.15, 0.2) is 72.9 Å². The van der Waals surface area contributed by atoms with E-state index in [9.17, 15) is 9.59 Å². The van der Waals surface area contributed by atoms with E-state index in [1.165, 1.54) is 69.1 Å². The lowest BCUT2D eigenvalue weighted by Crippen LogP contribution is -3.00. The van der Waals surface area contributed by atoms with Crippen molar-refractivity contribution in [3.05, 3.63) is 89.7 Å². The maximum atomic E-state index is 13.5. The van der Waals surface area contributed by atoms with Crippen LogP contribution in [0.4, 0.5) is 4.79 Å². The summed E-state index contributed by atoms with van der Waals surface area (Å²) in [5, 5.41) is 0. The zero-order chi connectivity index (χ0) is 32.8. The first kappa shape index (κ1) is 40.0. The Kier molecular flexibility index (Phi) is 20.5. The quantitative estimate of drug-likeness (QED) is 0.0670. The van der Waals surface area contributed by atoms with Crippen molar-refractivity contribution < 1.29 is 52.3 Å². The number of halogens is 1. The van der Waals surface area contributed by atoms with Gasteiger partial charge in [0.05, 0.1) is 13.7 Å². The van der Waals surface area contributed by atoms with Crippen LogP contribution >= 0.6 is 0 Å². The minimum Gasteiger partial charge on any atom is -1.00 e. The summed E-state index contributed by atoms with van der Waals surface area (Å²) in [5.74, 6) is 0.859. The summed E-state index contributed by atoms with van der Waals surface area (Å²) < 4.78 is 19.4. The second-order valence-electron chi connectivity index (χ2n) is 11.9. The third-order valence-electron chi connectivity index (χ3n) is 8.15. The molecule has 0 aliphatic heterocycles. The second kappa shape index (κ2) is 24.1. The molecule has 0 aliphatic carbocycles. The number of benzene rings is 2. The summed E-state index contributed by atoms with van der Waals surface area (Å²) in [4.78, 5) is 28.0. The molecule has 0 bridgehead atoms. The van der Waals surface area contributed by atoms with E-state index in [1.807, 2.05) is 48.7 Å². The number of aryl methyl sites for hydroxylation is 1.